The van der Waals surface area contributed by atoms with E-state index in [9.17, 15) is 4.79 Å². The second-order valence-electron chi connectivity index (χ2n) is 5.47. The molecule has 3 aromatic rings. The van der Waals surface area contributed by atoms with Crippen molar-refractivity contribution in [2.45, 2.75) is 25.4 Å². The first-order valence-electron chi connectivity index (χ1n) is 8.00. The first-order chi connectivity index (χ1) is 11.8. The van der Waals surface area contributed by atoms with Gasteiger partial charge in [0.1, 0.15) is 0 Å². The van der Waals surface area contributed by atoms with Crippen molar-refractivity contribution in [2.75, 3.05) is 0 Å². The van der Waals surface area contributed by atoms with Crippen LogP contribution in [0.15, 0.2) is 72.2 Å². The van der Waals surface area contributed by atoms with Crippen molar-refractivity contribution in [3.63, 3.8) is 0 Å². The molecule has 1 aromatic carbocycles. The minimum Gasteiger partial charge on any atom is -0.451 e. The van der Waals surface area contributed by atoms with Gasteiger partial charge in [-0.3, -0.25) is 9.78 Å². The lowest BCUT2D eigenvalue weighted by molar-refractivity contribution is -0.147. The molecular formula is C20H19NO2S. The summed E-state index contributed by atoms with van der Waals surface area (Å²) in [6.07, 6.45) is 3.38. The number of pyridine rings is 1. The molecular weight excluding hydrogens is 318 g/mol. The number of ether oxygens (including phenoxy) is 1. The van der Waals surface area contributed by atoms with Crippen molar-refractivity contribution < 1.29 is 9.53 Å². The van der Waals surface area contributed by atoms with Gasteiger partial charge < -0.3 is 4.74 Å². The van der Waals surface area contributed by atoms with Crippen molar-refractivity contribution in [3.05, 3.63) is 88.4 Å². The highest BCUT2D eigenvalue weighted by molar-refractivity contribution is 7.09. The van der Waals surface area contributed by atoms with Crippen molar-refractivity contribution >= 4 is 17.3 Å². The third-order valence-corrected chi connectivity index (χ3v) is 4.63. The van der Waals surface area contributed by atoms with Crippen LogP contribution in [0.2, 0.25) is 0 Å². The quantitative estimate of drug-likeness (QED) is 0.581. The molecule has 0 aliphatic carbocycles. The smallest absolute Gasteiger partial charge is 0.306 e. The highest BCUT2D eigenvalue weighted by Gasteiger charge is 2.19. The van der Waals surface area contributed by atoms with Crippen molar-refractivity contribution in [2.24, 2.45) is 0 Å². The number of carbonyl (C=O) groups is 1. The predicted molar refractivity (Wildman–Crippen MR) is 95.9 cm³/mol. The summed E-state index contributed by atoms with van der Waals surface area (Å²) in [5.41, 5.74) is 1.68. The Labute approximate surface area is 146 Å². The Hall–Kier alpha value is -2.46. The summed E-state index contributed by atoms with van der Waals surface area (Å²) >= 11 is 1.72. The molecule has 0 aliphatic heterocycles. The minimum atomic E-state index is -0.457. The van der Waals surface area contributed by atoms with Crippen LogP contribution in [-0.2, 0) is 16.0 Å². The summed E-state index contributed by atoms with van der Waals surface area (Å²) in [5, 5.41) is 2.06. The van der Waals surface area contributed by atoms with Crippen LogP contribution >= 0.6 is 11.3 Å². The largest absolute Gasteiger partial charge is 0.451 e. The molecule has 0 bridgehead atoms. The molecule has 3 nitrogen and oxygen atoms in total. The van der Waals surface area contributed by atoms with Crippen molar-refractivity contribution in [1.82, 2.24) is 4.98 Å². The van der Waals surface area contributed by atoms with Gasteiger partial charge in [0.15, 0.2) is 6.10 Å². The lowest BCUT2D eigenvalue weighted by Gasteiger charge is -2.18. The molecule has 1 unspecified atom stereocenters. The van der Waals surface area contributed by atoms with Crippen LogP contribution in [0.5, 0.6) is 0 Å². The van der Waals surface area contributed by atoms with E-state index in [1.807, 2.05) is 54.6 Å². The summed E-state index contributed by atoms with van der Waals surface area (Å²) in [7, 11) is 0. The zero-order valence-corrected chi connectivity index (χ0v) is 14.1. The average molecular weight is 337 g/mol. The van der Waals surface area contributed by atoms with Crippen LogP contribution in [0.3, 0.4) is 0 Å². The maximum absolute atomic E-state index is 12.3. The highest BCUT2D eigenvalue weighted by Crippen LogP contribution is 2.25. The summed E-state index contributed by atoms with van der Waals surface area (Å²) in [6.45, 7) is 0. The van der Waals surface area contributed by atoms with Crippen LogP contribution in [0.4, 0.5) is 0 Å². The molecule has 2 aromatic heterocycles. The Morgan fingerprint density at radius 2 is 1.88 bits per heavy atom. The van der Waals surface area contributed by atoms with E-state index in [4.69, 9.17) is 4.74 Å². The van der Waals surface area contributed by atoms with E-state index in [0.717, 1.165) is 24.1 Å². The molecule has 122 valence electrons. The van der Waals surface area contributed by atoms with Gasteiger partial charge in [-0.25, -0.2) is 0 Å². The van der Waals surface area contributed by atoms with Crippen molar-refractivity contribution in [3.8, 4) is 0 Å². The normalized spacial score (nSPS) is 11.8. The molecule has 0 aliphatic rings. The van der Waals surface area contributed by atoms with E-state index in [1.165, 1.54) is 4.88 Å². The van der Waals surface area contributed by atoms with Crippen LogP contribution in [0, 0.1) is 0 Å². The van der Waals surface area contributed by atoms with Crippen LogP contribution in [0.25, 0.3) is 0 Å². The Bertz CT molecular complexity index is 702. The summed E-state index contributed by atoms with van der Waals surface area (Å²) in [4.78, 5) is 17.9. The first-order valence-corrected chi connectivity index (χ1v) is 8.88. The second kappa shape index (κ2) is 8.41. The molecule has 0 saturated carbocycles. The number of hydrogen-bond acceptors (Lipinski definition) is 4. The van der Waals surface area contributed by atoms with Crippen LogP contribution < -0.4 is 0 Å². The number of aromatic nitrogens is 1. The van der Waals surface area contributed by atoms with Gasteiger partial charge in [0.05, 0.1) is 5.69 Å². The van der Waals surface area contributed by atoms with Crippen molar-refractivity contribution in [1.29, 1.82) is 0 Å². The fourth-order valence-corrected chi connectivity index (χ4v) is 3.26. The number of aryl methyl sites for hydroxylation is 1. The van der Waals surface area contributed by atoms with E-state index in [-0.39, 0.29) is 5.97 Å². The van der Waals surface area contributed by atoms with Gasteiger partial charge in [0.2, 0.25) is 0 Å². The zero-order chi connectivity index (χ0) is 16.6. The molecule has 0 saturated heterocycles. The molecule has 0 spiro atoms. The lowest BCUT2D eigenvalue weighted by atomic mass is 10.1. The Morgan fingerprint density at radius 1 is 1.04 bits per heavy atom. The molecule has 0 fully saturated rings. The number of thiophene rings is 1. The summed E-state index contributed by atoms with van der Waals surface area (Å²) in [6, 6.07) is 19.5. The molecule has 3 rings (SSSR count). The van der Waals surface area contributed by atoms with Gasteiger partial charge >= 0.3 is 5.97 Å². The van der Waals surface area contributed by atoms with Crippen LogP contribution in [-0.4, -0.2) is 11.0 Å². The number of benzene rings is 1. The molecule has 1 atom stereocenters. The SMILES string of the molecule is O=C(CCCc1cccs1)OC(c1ccccc1)c1ccccn1. The van der Waals surface area contributed by atoms with Gasteiger partial charge in [-0.05, 0) is 42.0 Å². The van der Waals surface area contributed by atoms with E-state index < -0.39 is 6.10 Å². The number of nitrogens with zero attached hydrogens (tertiary/aromatic N) is 1. The molecule has 0 radical (unpaired) electrons. The first kappa shape index (κ1) is 16.4. The van der Waals surface area contributed by atoms with Gasteiger partial charge in [0.25, 0.3) is 0 Å². The van der Waals surface area contributed by atoms with Gasteiger partial charge in [-0.2, -0.15) is 0 Å². The van der Waals surface area contributed by atoms with E-state index >= 15 is 0 Å². The zero-order valence-electron chi connectivity index (χ0n) is 13.3. The van der Waals surface area contributed by atoms with Gasteiger partial charge in [0, 0.05) is 17.5 Å². The topological polar surface area (TPSA) is 39.2 Å². The van der Waals surface area contributed by atoms with E-state index in [1.54, 1.807) is 17.5 Å². The maximum atomic E-state index is 12.3. The fraction of sp³-hybridized carbons (Fsp3) is 0.200. The number of hydrogen-bond donors (Lipinski definition) is 0. The highest BCUT2D eigenvalue weighted by atomic mass is 32.1. The summed E-state index contributed by atoms with van der Waals surface area (Å²) in [5.74, 6) is -0.189. The number of esters is 1. The standard InChI is InChI=1S/C20H19NO2S/c22-19(13-6-10-17-11-7-15-24-17)23-20(16-8-2-1-3-9-16)18-12-4-5-14-21-18/h1-5,7-9,11-12,14-15,20H,6,10,13H2. The predicted octanol–water partition coefficient (Wildman–Crippen LogP) is 4.80. The lowest BCUT2D eigenvalue weighted by Crippen LogP contribution is -2.14. The Kier molecular flexibility index (Phi) is 5.75. The maximum Gasteiger partial charge on any atom is 0.306 e. The Balaban J connectivity index is 1.64. The van der Waals surface area contributed by atoms with Gasteiger partial charge in [-0.15, -0.1) is 11.3 Å². The van der Waals surface area contributed by atoms with Gasteiger partial charge in [-0.1, -0.05) is 42.5 Å². The molecule has 24 heavy (non-hydrogen) atoms. The molecule has 2 heterocycles. The minimum absolute atomic E-state index is 0.189. The third-order valence-electron chi connectivity index (χ3n) is 3.69. The molecule has 0 amide bonds. The summed E-state index contributed by atoms with van der Waals surface area (Å²) < 4.78 is 5.74. The van der Waals surface area contributed by atoms with E-state index in [2.05, 4.69) is 16.4 Å². The second-order valence-corrected chi connectivity index (χ2v) is 6.50. The van der Waals surface area contributed by atoms with E-state index in [0.29, 0.717) is 6.42 Å². The average Bonchev–Trinajstić information content (AvgIpc) is 3.15. The molecule has 0 N–H and O–H groups in total. The number of rotatable bonds is 7. The third kappa shape index (κ3) is 4.52. The number of carbonyl (C=O) groups excluding carboxylic acids is 1. The molecule has 4 heteroatoms. The monoisotopic (exact) mass is 337 g/mol. The fourth-order valence-electron chi connectivity index (χ4n) is 2.51. The van der Waals surface area contributed by atoms with Crippen LogP contribution in [0.1, 0.15) is 35.1 Å². The Morgan fingerprint density at radius 3 is 2.58 bits per heavy atom.